The molecule has 25 heavy (non-hydrogen) atoms. The number of benzene rings is 1. The molecule has 0 spiro atoms. The minimum atomic E-state index is -0.195. The van der Waals surface area contributed by atoms with Gasteiger partial charge in [0.25, 0.3) is 0 Å². The third-order valence-electron chi connectivity index (χ3n) is 4.70. The molecule has 1 aliphatic carbocycles. The maximum atomic E-state index is 13.6. The molecule has 3 N–H and O–H groups in total. The summed E-state index contributed by atoms with van der Waals surface area (Å²) in [5, 5.41) is 3.52. The predicted octanol–water partition coefficient (Wildman–Crippen LogP) is 3.92. The number of nitrogens with zero attached hydrogens (tertiary/aromatic N) is 1. The van der Waals surface area contributed by atoms with Gasteiger partial charge in [0.2, 0.25) is 5.91 Å². The average Bonchev–Trinajstić information content (AvgIpc) is 3.20. The zero-order valence-corrected chi connectivity index (χ0v) is 15.8. The van der Waals surface area contributed by atoms with E-state index in [0.717, 1.165) is 29.7 Å². The molecule has 7 heteroatoms. The number of hydrogen-bond acceptors (Lipinski definition) is 4. The largest absolute Gasteiger partial charge is 0.330 e. The highest BCUT2D eigenvalue weighted by Crippen LogP contribution is 2.32. The van der Waals surface area contributed by atoms with Gasteiger partial charge < -0.3 is 11.1 Å². The van der Waals surface area contributed by atoms with Crippen LogP contribution in [0.4, 0.5) is 9.52 Å². The lowest BCUT2D eigenvalue weighted by Crippen LogP contribution is -2.29. The SMILES string of the molecule is Cc1ccc(Cc2cnc(NC(=O)[C@@H]3CCC[C@@H]3CN)s2)cc1F.Cl. The van der Waals surface area contributed by atoms with Crippen molar-refractivity contribution in [1.82, 2.24) is 4.98 Å². The smallest absolute Gasteiger partial charge is 0.229 e. The summed E-state index contributed by atoms with van der Waals surface area (Å²) < 4.78 is 13.6. The Kier molecular flexibility index (Phi) is 6.93. The van der Waals surface area contributed by atoms with E-state index in [9.17, 15) is 9.18 Å². The molecule has 1 aromatic carbocycles. The number of rotatable bonds is 5. The Hall–Kier alpha value is -1.50. The van der Waals surface area contributed by atoms with Crippen LogP contribution in [0.2, 0.25) is 0 Å². The van der Waals surface area contributed by atoms with Crippen LogP contribution in [0.15, 0.2) is 24.4 Å². The van der Waals surface area contributed by atoms with Crippen LogP contribution in [0.1, 0.15) is 35.3 Å². The van der Waals surface area contributed by atoms with Crippen LogP contribution in [0.5, 0.6) is 0 Å². The quantitative estimate of drug-likeness (QED) is 0.822. The molecular formula is C18H23ClFN3OS. The minimum Gasteiger partial charge on any atom is -0.330 e. The molecule has 0 aliphatic heterocycles. The fourth-order valence-electron chi connectivity index (χ4n) is 3.26. The zero-order valence-electron chi connectivity index (χ0n) is 14.1. The summed E-state index contributed by atoms with van der Waals surface area (Å²) in [4.78, 5) is 17.7. The lowest BCUT2D eigenvalue weighted by molar-refractivity contribution is -0.120. The van der Waals surface area contributed by atoms with Crippen LogP contribution >= 0.6 is 23.7 Å². The van der Waals surface area contributed by atoms with E-state index in [1.54, 1.807) is 25.3 Å². The minimum absolute atomic E-state index is 0. The number of hydrogen-bond donors (Lipinski definition) is 2. The van der Waals surface area contributed by atoms with Gasteiger partial charge in [0.1, 0.15) is 5.82 Å². The fraction of sp³-hybridized carbons (Fsp3) is 0.444. The molecule has 1 aliphatic rings. The normalized spacial score (nSPS) is 19.5. The van der Waals surface area contributed by atoms with Gasteiger partial charge in [-0.2, -0.15) is 0 Å². The Bertz CT molecular complexity index is 737. The topological polar surface area (TPSA) is 68.0 Å². The van der Waals surface area contributed by atoms with Gasteiger partial charge in [0, 0.05) is 23.4 Å². The predicted molar refractivity (Wildman–Crippen MR) is 102 cm³/mol. The summed E-state index contributed by atoms with van der Waals surface area (Å²) in [7, 11) is 0. The van der Waals surface area contributed by atoms with Gasteiger partial charge in [-0.15, -0.1) is 23.7 Å². The Labute approximate surface area is 157 Å². The van der Waals surface area contributed by atoms with Crippen molar-refractivity contribution in [2.24, 2.45) is 17.6 Å². The van der Waals surface area contributed by atoms with Crippen LogP contribution in [0, 0.1) is 24.6 Å². The Balaban J connectivity index is 0.00000225. The standard InChI is InChI=1S/C18H22FN3OS.ClH/c1-11-5-6-12(8-16(11)19)7-14-10-21-18(24-14)22-17(23)15-4-2-3-13(15)9-20;/h5-6,8,10,13,15H,2-4,7,9,20H2,1H3,(H,21,22,23);1H/t13-,15-;/m1./s1. The van der Waals surface area contributed by atoms with Gasteiger partial charge in [0.05, 0.1) is 0 Å². The Morgan fingerprint density at radius 3 is 2.96 bits per heavy atom. The number of amides is 1. The van der Waals surface area contributed by atoms with E-state index in [4.69, 9.17) is 5.73 Å². The lowest BCUT2D eigenvalue weighted by atomic mass is 9.95. The number of carbonyl (C=O) groups is 1. The number of nitrogens with one attached hydrogen (secondary N) is 1. The van der Waals surface area contributed by atoms with Crippen molar-refractivity contribution in [1.29, 1.82) is 0 Å². The van der Waals surface area contributed by atoms with Crippen molar-refractivity contribution in [3.05, 3.63) is 46.2 Å². The maximum absolute atomic E-state index is 13.6. The summed E-state index contributed by atoms with van der Waals surface area (Å²) in [5.74, 6) is 0.0957. The van der Waals surface area contributed by atoms with Crippen LogP contribution in [-0.2, 0) is 11.2 Å². The lowest BCUT2D eigenvalue weighted by Gasteiger charge is -2.16. The van der Waals surface area contributed by atoms with Gasteiger partial charge in [-0.1, -0.05) is 18.6 Å². The second kappa shape index (κ2) is 8.74. The molecule has 3 rings (SSSR count). The van der Waals surface area contributed by atoms with Crippen molar-refractivity contribution >= 4 is 34.8 Å². The number of nitrogens with two attached hydrogens (primary N) is 1. The van der Waals surface area contributed by atoms with E-state index < -0.39 is 0 Å². The van der Waals surface area contributed by atoms with Crippen molar-refractivity contribution in [2.75, 3.05) is 11.9 Å². The molecule has 1 heterocycles. The molecule has 2 aromatic rings. The fourth-order valence-corrected chi connectivity index (χ4v) is 4.11. The second-order valence-electron chi connectivity index (χ2n) is 6.41. The van der Waals surface area contributed by atoms with E-state index >= 15 is 0 Å². The van der Waals surface area contributed by atoms with Crippen LogP contribution in [0.3, 0.4) is 0 Å². The van der Waals surface area contributed by atoms with Gasteiger partial charge in [-0.3, -0.25) is 4.79 Å². The molecule has 136 valence electrons. The highest BCUT2D eigenvalue weighted by atomic mass is 35.5. The summed E-state index contributed by atoms with van der Waals surface area (Å²) in [6, 6.07) is 5.25. The Morgan fingerprint density at radius 1 is 1.44 bits per heavy atom. The molecule has 1 aromatic heterocycles. The first kappa shape index (κ1) is 19.8. The van der Waals surface area contributed by atoms with Gasteiger partial charge >= 0.3 is 0 Å². The molecule has 0 radical (unpaired) electrons. The third kappa shape index (κ3) is 4.77. The zero-order chi connectivity index (χ0) is 17.1. The number of aryl methyl sites for hydroxylation is 1. The number of aromatic nitrogens is 1. The van der Waals surface area contributed by atoms with Crippen molar-refractivity contribution in [2.45, 2.75) is 32.6 Å². The van der Waals surface area contributed by atoms with Gasteiger partial charge in [0.15, 0.2) is 5.13 Å². The second-order valence-corrected chi connectivity index (χ2v) is 7.53. The highest BCUT2D eigenvalue weighted by molar-refractivity contribution is 7.15. The molecule has 2 atom stereocenters. The van der Waals surface area contributed by atoms with Crippen LogP contribution in [-0.4, -0.2) is 17.4 Å². The Morgan fingerprint density at radius 2 is 2.24 bits per heavy atom. The van der Waals surface area contributed by atoms with E-state index in [2.05, 4.69) is 10.3 Å². The highest BCUT2D eigenvalue weighted by Gasteiger charge is 2.32. The van der Waals surface area contributed by atoms with Gasteiger partial charge in [-0.05, 0) is 49.4 Å². The van der Waals surface area contributed by atoms with Crippen molar-refractivity contribution in [3.8, 4) is 0 Å². The number of thiazole rings is 1. The maximum Gasteiger partial charge on any atom is 0.229 e. The summed E-state index contributed by atoms with van der Waals surface area (Å²) in [6.07, 6.45) is 5.33. The number of halogens is 2. The molecule has 1 saturated carbocycles. The number of anilines is 1. The van der Waals surface area contributed by atoms with Crippen LogP contribution in [0.25, 0.3) is 0 Å². The summed E-state index contributed by atoms with van der Waals surface area (Å²) in [5.41, 5.74) is 7.29. The van der Waals surface area contributed by atoms with Crippen molar-refractivity contribution in [3.63, 3.8) is 0 Å². The summed E-state index contributed by atoms with van der Waals surface area (Å²) in [6.45, 7) is 2.30. The molecule has 0 unspecified atom stereocenters. The first-order chi connectivity index (χ1) is 11.6. The molecule has 0 bridgehead atoms. The average molecular weight is 384 g/mol. The van der Waals surface area contributed by atoms with Crippen LogP contribution < -0.4 is 11.1 Å². The monoisotopic (exact) mass is 383 g/mol. The summed E-state index contributed by atoms with van der Waals surface area (Å²) >= 11 is 1.44. The van der Waals surface area contributed by atoms with E-state index in [1.807, 2.05) is 6.07 Å². The molecule has 4 nitrogen and oxygen atoms in total. The number of carbonyl (C=O) groups excluding carboxylic acids is 1. The van der Waals surface area contributed by atoms with E-state index in [-0.39, 0.29) is 36.0 Å². The molecule has 0 saturated heterocycles. The molecular weight excluding hydrogens is 361 g/mol. The molecule has 1 amide bonds. The van der Waals surface area contributed by atoms with Crippen molar-refractivity contribution < 1.29 is 9.18 Å². The molecule has 1 fully saturated rings. The third-order valence-corrected chi connectivity index (χ3v) is 5.61. The first-order valence-electron chi connectivity index (χ1n) is 8.27. The van der Waals surface area contributed by atoms with Gasteiger partial charge in [-0.25, -0.2) is 9.37 Å². The van der Waals surface area contributed by atoms with E-state index in [0.29, 0.717) is 23.7 Å². The first-order valence-corrected chi connectivity index (χ1v) is 9.09. The van der Waals surface area contributed by atoms with E-state index in [1.165, 1.54) is 11.3 Å².